The van der Waals surface area contributed by atoms with Crippen LogP contribution in [0.2, 0.25) is 0 Å². The number of anilines is 2. The molecule has 3 N–H and O–H groups in total. The highest BCUT2D eigenvalue weighted by Crippen LogP contribution is 2.08. The van der Waals surface area contributed by atoms with Crippen molar-refractivity contribution in [3.8, 4) is 0 Å². The third-order valence-electron chi connectivity index (χ3n) is 2.25. The Hall–Kier alpha value is -1.36. The maximum Gasteiger partial charge on any atom is 0.224 e. The predicted molar refractivity (Wildman–Crippen MR) is 70.1 cm³/mol. The summed E-state index contributed by atoms with van der Waals surface area (Å²) >= 11 is 0. The van der Waals surface area contributed by atoms with Crippen LogP contribution >= 0.6 is 0 Å². The van der Waals surface area contributed by atoms with Crippen LogP contribution in [0.4, 0.5) is 11.8 Å². The fraction of sp³-hybridized carbons (Fsp3) is 0.667. The number of nitrogens with zero attached hydrogens (tertiary/aromatic N) is 2. The monoisotopic (exact) mass is 238 g/mol. The molecule has 0 radical (unpaired) electrons. The zero-order valence-corrected chi connectivity index (χ0v) is 10.8. The van der Waals surface area contributed by atoms with E-state index in [9.17, 15) is 5.11 Å². The Balaban J connectivity index is 2.43. The van der Waals surface area contributed by atoms with Crippen LogP contribution in [0.3, 0.4) is 0 Å². The van der Waals surface area contributed by atoms with Crippen molar-refractivity contribution in [2.75, 3.05) is 23.7 Å². The Morgan fingerprint density at radius 1 is 1.35 bits per heavy atom. The quantitative estimate of drug-likeness (QED) is 0.675. The SMILES string of the molecule is CCNc1nccc(NCC(O)CC(C)C)n1. The van der Waals surface area contributed by atoms with Crippen molar-refractivity contribution in [1.29, 1.82) is 0 Å². The van der Waals surface area contributed by atoms with Gasteiger partial charge in [0, 0.05) is 19.3 Å². The van der Waals surface area contributed by atoms with Crippen LogP contribution in [0.5, 0.6) is 0 Å². The van der Waals surface area contributed by atoms with E-state index < -0.39 is 0 Å². The zero-order valence-electron chi connectivity index (χ0n) is 10.8. The summed E-state index contributed by atoms with van der Waals surface area (Å²) in [5.74, 6) is 1.84. The van der Waals surface area contributed by atoms with Crippen molar-refractivity contribution >= 4 is 11.8 Å². The van der Waals surface area contributed by atoms with E-state index in [1.165, 1.54) is 0 Å². The first-order chi connectivity index (χ1) is 8.11. The molecular weight excluding hydrogens is 216 g/mol. The van der Waals surface area contributed by atoms with Crippen LogP contribution in [-0.2, 0) is 0 Å². The summed E-state index contributed by atoms with van der Waals surface area (Å²) < 4.78 is 0. The first-order valence-corrected chi connectivity index (χ1v) is 6.10. The van der Waals surface area contributed by atoms with Gasteiger partial charge >= 0.3 is 0 Å². The van der Waals surface area contributed by atoms with Crippen molar-refractivity contribution in [2.45, 2.75) is 33.3 Å². The third kappa shape index (κ3) is 5.49. The molecule has 0 amide bonds. The van der Waals surface area contributed by atoms with Gasteiger partial charge in [-0.3, -0.25) is 0 Å². The maximum atomic E-state index is 9.73. The summed E-state index contributed by atoms with van der Waals surface area (Å²) in [6.07, 6.45) is 2.15. The first kappa shape index (κ1) is 13.7. The molecule has 0 aliphatic heterocycles. The maximum absolute atomic E-state index is 9.73. The van der Waals surface area contributed by atoms with Gasteiger partial charge in [0.1, 0.15) is 5.82 Å². The number of aromatic nitrogens is 2. The minimum absolute atomic E-state index is 0.340. The molecule has 0 aromatic carbocycles. The second-order valence-corrected chi connectivity index (χ2v) is 4.46. The lowest BCUT2D eigenvalue weighted by molar-refractivity contribution is 0.161. The van der Waals surface area contributed by atoms with E-state index in [-0.39, 0.29) is 6.10 Å². The van der Waals surface area contributed by atoms with E-state index in [4.69, 9.17) is 0 Å². The Morgan fingerprint density at radius 2 is 2.12 bits per heavy atom. The first-order valence-electron chi connectivity index (χ1n) is 6.10. The Labute approximate surface area is 103 Å². The highest BCUT2D eigenvalue weighted by Gasteiger charge is 2.07. The molecular formula is C12H22N4O. The molecule has 96 valence electrons. The molecule has 1 aromatic heterocycles. The molecule has 0 aliphatic carbocycles. The molecule has 1 unspecified atom stereocenters. The average molecular weight is 238 g/mol. The predicted octanol–water partition coefficient (Wildman–Crippen LogP) is 1.73. The Bertz CT molecular complexity index is 330. The van der Waals surface area contributed by atoms with Gasteiger partial charge in [0.2, 0.25) is 5.95 Å². The van der Waals surface area contributed by atoms with Crippen LogP contribution < -0.4 is 10.6 Å². The van der Waals surface area contributed by atoms with Crippen molar-refractivity contribution in [3.63, 3.8) is 0 Å². The van der Waals surface area contributed by atoms with Crippen molar-refractivity contribution in [2.24, 2.45) is 5.92 Å². The molecule has 0 spiro atoms. The zero-order chi connectivity index (χ0) is 12.7. The standard InChI is InChI=1S/C12H22N4O/c1-4-13-12-14-6-5-11(16-12)15-8-10(17)7-9(2)3/h5-6,9-10,17H,4,7-8H2,1-3H3,(H2,13,14,15,16). The van der Waals surface area contributed by atoms with E-state index >= 15 is 0 Å². The minimum atomic E-state index is -0.340. The van der Waals surface area contributed by atoms with Gasteiger partial charge in [-0.2, -0.15) is 4.98 Å². The smallest absolute Gasteiger partial charge is 0.224 e. The van der Waals surface area contributed by atoms with Gasteiger partial charge in [0.05, 0.1) is 6.10 Å². The van der Waals surface area contributed by atoms with E-state index in [2.05, 4.69) is 34.4 Å². The third-order valence-corrected chi connectivity index (χ3v) is 2.25. The van der Waals surface area contributed by atoms with Crippen LogP contribution in [0.25, 0.3) is 0 Å². The Morgan fingerprint density at radius 3 is 2.76 bits per heavy atom. The normalized spacial score (nSPS) is 12.5. The Kier molecular flexibility index (Phi) is 5.69. The highest BCUT2D eigenvalue weighted by atomic mass is 16.3. The summed E-state index contributed by atoms with van der Waals surface area (Å²) in [4.78, 5) is 8.35. The molecule has 1 atom stereocenters. The van der Waals surface area contributed by atoms with Gasteiger partial charge in [0.25, 0.3) is 0 Å². The van der Waals surface area contributed by atoms with Crippen LogP contribution in [0.1, 0.15) is 27.2 Å². The van der Waals surface area contributed by atoms with Crippen molar-refractivity contribution in [1.82, 2.24) is 9.97 Å². The molecule has 0 bridgehead atoms. The van der Waals surface area contributed by atoms with Crippen molar-refractivity contribution < 1.29 is 5.11 Å². The summed E-state index contributed by atoms with van der Waals surface area (Å²) in [6, 6.07) is 1.79. The number of nitrogens with one attached hydrogen (secondary N) is 2. The largest absolute Gasteiger partial charge is 0.391 e. The van der Waals surface area contributed by atoms with E-state index in [0.717, 1.165) is 18.8 Å². The van der Waals surface area contributed by atoms with Gasteiger partial charge in [-0.05, 0) is 25.3 Å². The van der Waals surface area contributed by atoms with Gasteiger partial charge in [-0.25, -0.2) is 4.98 Å². The molecule has 1 heterocycles. The summed E-state index contributed by atoms with van der Waals surface area (Å²) in [7, 11) is 0. The second kappa shape index (κ2) is 7.06. The van der Waals surface area contributed by atoms with E-state index in [1.807, 2.05) is 6.92 Å². The fourth-order valence-corrected chi connectivity index (χ4v) is 1.55. The lowest BCUT2D eigenvalue weighted by Gasteiger charge is -2.14. The average Bonchev–Trinajstić information content (AvgIpc) is 2.26. The number of aliphatic hydroxyl groups is 1. The van der Waals surface area contributed by atoms with Crippen LogP contribution in [-0.4, -0.2) is 34.3 Å². The fourth-order valence-electron chi connectivity index (χ4n) is 1.55. The van der Waals surface area contributed by atoms with Crippen LogP contribution in [0.15, 0.2) is 12.3 Å². The molecule has 0 saturated carbocycles. The lowest BCUT2D eigenvalue weighted by atomic mass is 10.1. The van der Waals surface area contributed by atoms with Gasteiger partial charge in [-0.1, -0.05) is 13.8 Å². The van der Waals surface area contributed by atoms with Crippen LogP contribution in [0, 0.1) is 5.92 Å². The van der Waals surface area contributed by atoms with Gasteiger partial charge < -0.3 is 15.7 Å². The molecule has 1 aromatic rings. The topological polar surface area (TPSA) is 70.1 Å². The number of rotatable bonds is 7. The molecule has 0 fully saturated rings. The molecule has 17 heavy (non-hydrogen) atoms. The number of hydrogen-bond donors (Lipinski definition) is 3. The van der Waals surface area contributed by atoms with Gasteiger partial charge in [0.15, 0.2) is 0 Å². The summed E-state index contributed by atoms with van der Waals surface area (Å²) in [5, 5.41) is 15.9. The molecule has 5 heteroatoms. The van der Waals surface area contributed by atoms with E-state index in [0.29, 0.717) is 18.4 Å². The highest BCUT2D eigenvalue weighted by molar-refractivity contribution is 5.39. The minimum Gasteiger partial charge on any atom is -0.391 e. The van der Waals surface area contributed by atoms with Crippen molar-refractivity contribution in [3.05, 3.63) is 12.3 Å². The summed E-state index contributed by atoms with van der Waals surface area (Å²) in [5.41, 5.74) is 0. The molecule has 5 nitrogen and oxygen atoms in total. The summed E-state index contributed by atoms with van der Waals surface area (Å²) in [6.45, 7) is 7.49. The molecule has 0 aliphatic rings. The van der Waals surface area contributed by atoms with E-state index in [1.54, 1.807) is 12.3 Å². The second-order valence-electron chi connectivity index (χ2n) is 4.46. The lowest BCUT2D eigenvalue weighted by Crippen LogP contribution is -2.21. The molecule has 0 saturated heterocycles. The number of hydrogen-bond acceptors (Lipinski definition) is 5. The molecule has 1 rings (SSSR count). The number of aliphatic hydroxyl groups excluding tert-OH is 1. The van der Waals surface area contributed by atoms with Gasteiger partial charge in [-0.15, -0.1) is 0 Å².